The molecular weight excluding hydrogens is 246 g/mol. The van der Waals surface area contributed by atoms with Gasteiger partial charge in [-0.2, -0.15) is 0 Å². The molecule has 0 radical (unpaired) electrons. The molecule has 0 fully saturated rings. The second-order valence-corrected chi connectivity index (χ2v) is 4.67. The summed E-state index contributed by atoms with van der Waals surface area (Å²) in [6.45, 7) is 0.747. The molecule has 102 valence electrons. The number of nitrogens with one attached hydrogen (secondary N) is 1. The summed E-state index contributed by atoms with van der Waals surface area (Å²) in [6.07, 6.45) is 0.425. The first-order valence-corrected chi connectivity index (χ1v) is 6.06. The Bertz CT molecular complexity index is 516. The van der Waals surface area contributed by atoms with Gasteiger partial charge in [0, 0.05) is 25.8 Å². The second-order valence-electron chi connectivity index (χ2n) is 4.67. The van der Waals surface area contributed by atoms with Crippen molar-refractivity contribution in [1.29, 1.82) is 0 Å². The van der Waals surface area contributed by atoms with Crippen LogP contribution < -0.4 is 16.0 Å². The lowest BCUT2D eigenvalue weighted by Gasteiger charge is -2.11. The number of carbonyl (C=O) groups excluding carboxylic acids is 1. The van der Waals surface area contributed by atoms with Gasteiger partial charge in [0.15, 0.2) is 0 Å². The summed E-state index contributed by atoms with van der Waals surface area (Å²) in [6, 6.07) is 4.90. The van der Waals surface area contributed by atoms with Crippen LogP contribution in [0, 0.1) is 0 Å². The molecule has 0 saturated heterocycles. The van der Waals surface area contributed by atoms with Gasteiger partial charge in [0.1, 0.15) is 6.04 Å². The number of rotatable bonds is 5. The van der Waals surface area contributed by atoms with E-state index in [-0.39, 0.29) is 12.5 Å². The lowest BCUT2D eigenvalue weighted by Crippen LogP contribution is -2.40. The molecule has 6 nitrogen and oxygen atoms in total. The average Bonchev–Trinajstić information content (AvgIpc) is 2.64. The molecule has 1 aliphatic rings. The van der Waals surface area contributed by atoms with Crippen LogP contribution in [0.1, 0.15) is 11.1 Å². The zero-order chi connectivity index (χ0) is 14.0. The van der Waals surface area contributed by atoms with Crippen LogP contribution in [-0.4, -0.2) is 36.6 Å². The summed E-state index contributed by atoms with van der Waals surface area (Å²) < 4.78 is 0. The molecule has 2 rings (SSSR count). The van der Waals surface area contributed by atoms with E-state index < -0.39 is 12.0 Å². The normalized spacial score (nSPS) is 15.5. The van der Waals surface area contributed by atoms with Gasteiger partial charge < -0.3 is 21.1 Å². The number of nitrogens with two attached hydrogens (primary N) is 1. The zero-order valence-corrected chi connectivity index (χ0v) is 10.7. The van der Waals surface area contributed by atoms with Crippen molar-refractivity contribution in [1.82, 2.24) is 5.32 Å². The molecule has 0 spiro atoms. The van der Waals surface area contributed by atoms with Crippen molar-refractivity contribution in [2.75, 3.05) is 18.5 Å². The maximum absolute atomic E-state index is 11.5. The van der Waals surface area contributed by atoms with E-state index in [2.05, 4.69) is 5.32 Å². The molecule has 1 aromatic rings. The maximum atomic E-state index is 11.5. The van der Waals surface area contributed by atoms with Gasteiger partial charge in [-0.25, -0.2) is 0 Å². The van der Waals surface area contributed by atoms with E-state index in [1.54, 1.807) is 11.9 Å². The van der Waals surface area contributed by atoms with Crippen LogP contribution in [0.5, 0.6) is 0 Å². The molecule has 1 aromatic carbocycles. The van der Waals surface area contributed by atoms with E-state index >= 15 is 0 Å². The summed E-state index contributed by atoms with van der Waals surface area (Å²) in [5.74, 6) is -0.929. The van der Waals surface area contributed by atoms with Crippen molar-refractivity contribution >= 4 is 17.6 Å². The molecule has 6 heteroatoms. The molecule has 1 atom stereocenters. The molecular formula is C13H17N3O3. The molecule has 4 N–H and O–H groups in total. The summed E-state index contributed by atoms with van der Waals surface area (Å²) in [5.41, 5.74) is 8.36. The van der Waals surface area contributed by atoms with E-state index in [1.165, 1.54) is 0 Å². The molecule has 1 heterocycles. The zero-order valence-electron chi connectivity index (χ0n) is 10.7. The lowest BCUT2D eigenvalue weighted by atomic mass is 10.1. The number of anilines is 1. The van der Waals surface area contributed by atoms with E-state index in [1.807, 2.05) is 18.2 Å². The Morgan fingerprint density at radius 2 is 2.32 bits per heavy atom. The Kier molecular flexibility index (Phi) is 3.82. The largest absolute Gasteiger partial charge is 0.480 e. The van der Waals surface area contributed by atoms with E-state index in [0.717, 1.165) is 16.8 Å². The van der Waals surface area contributed by atoms with Crippen molar-refractivity contribution in [3.63, 3.8) is 0 Å². The number of likely N-dealkylation sites (N-methyl/N-ethyl adjacent to an activating group) is 1. The fourth-order valence-electron chi connectivity index (χ4n) is 2.09. The standard InChI is InChI=1S/C13H17N3O3/c1-16-11-3-2-8(4-9(11)5-12(16)17)6-15-7-10(14)13(18)19/h2-4,10,15H,5-7,14H2,1H3,(H,18,19). The predicted molar refractivity (Wildman–Crippen MR) is 70.9 cm³/mol. The van der Waals surface area contributed by atoms with Gasteiger partial charge in [0.25, 0.3) is 0 Å². The Morgan fingerprint density at radius 1 is 1.58 bits per heavy atom. The summed E-state index contributed by atoms with van der Waals surface area (Å²) >= 11 is 0. The predicted octanol–water partition coefficient (Wildman–Crippen LogP) is -0.293. The number of fused-ring (bicyclic) bond motifs is 1. The minimum Gasteiger partial charge on any atom is -0.480 e. The highest BCUT2D eigenvalue weighted by atomic mass is 16.4. The van der Waals surface area contributed by atoms with Gasteiger partial charge in [-0.15, -0.1) is 0 Å². The molecule has 1 unspecified atom stereocenters. The number of carboxylic acids is 1. The van der Waals surface area contributed by atoms with Crippen molar-refractivity contribution in [2.24, 2.45) is 5.73 Å². The first kappa shape index (κ1) is 13.5. The van der Waals surface area contributed by atoms with Crippen LogP contribution in [0.25, 0.3) is 0 Å². The van der Waals surface area contributed by atoms with Crippen LogP contribution in [0.4, 0.5) is 5.69 Å². The van der Waals surface area contributed by atoms with E-state index in [0.29, 0.717) is 13.0 Å². The minimum atomic E-state index is -1.02. The Balaban J connectivity index is 1.95. The molecule has 0 saturated carbocycles. The number of benzene rings is 1. The summed E-state index contributed by atoms with van der Waals surface area (Å²) in [7, 11) is 1.76. The number of nitrogens with zero attached hydrogens (tertiary/aromatic N) is 1. The van der Waals surface area contributed by atoms with Crippen LogP contribution in [0.3, 0.4) is 0 Å². The van der Waals surface area contributed by atoms with Crippen LogP contribution in [-0.2, 0) is 22.6 Å². The van der Waals surface area contributed by atoms with Crippen molar-refractivity contribution in [3.8, 4) is 0 Å². The fourth-order valence-corrected chi connectivity index (χ4v) is 2.09. The number of aliphatic carboxylic acids is 1. The number of carbonyl (C=O) groups is 2. The molecule has 0 aromatic heterocycles. The second kappa shape index (κ2) is 5.38. The number of amides is 1. The third kappa shape index (κ3) is 2.91. The van der Waals surface area contributed by atoms with Crippen LogP contribution >= 0.6 is 0 Å². The van der Waals surface area contributed by atoms with Gasteiger partial charge in [-0.3, -0.25) is 9.59 Å². The first-order valence-electron chi connectivity index (χ1n) is 6.06. The third-order valence-electron chi connectivity index (χ3n) is 3.23. The maximum Gasteiger partial charge on any atom is 0.321 e. The number of carboxylic acid groups (broad SMARTS) is 1. The first-order chi connectivity index (χ1) is 8.99. The van der Waals surface area contributed by atoms with Gasteiger partial charge in [-0.05, 0) is 17.2 Å². The molecule has 0 aliphatic carbocycles. The monoisotopic (exact) mass is 263 g/mol. The van der Waals surface area contributed by atoms with Gasteiger partial charge in [0.2, 0.25) is 5.91 Å². The van der Waals surface area contributed by atoms with Crippen molar-refractivity contribution in [3.05, 3.63) is 29.3 Å². The fraction of sp³-hybridized carbons (Fsp3) is 0.385. The minimum absolute atomic E-state index is 0.0907. The number of hydrogen-bond acceptors (Lipinski definition) is 4. The Labute approximate surface area is 111 Å². The van der Waals surface area contributed by atoms with E-state index in [9.17, 15) is 9.59 Å². The molecule has 1 aliphatic heterocycles. The summed E-state index contributed by atoms with van der Waals surface area (Å²) in [5, 5.41) is 11.6. The van der Waals surface area contributed by atoms with Gasteiger partial charge >= 0.3 is 5.97 Å². The van der Waals surface area contributed by atoms with Crippen LogP contribution in [0.2, 0.25) is 0 Å². The van der Waals surface area contributed by atoms with Crippen molar-refractivity contribution < 1.29 is 14.7 Å². The third-order valence-corrected chi connectivity index (χ3v) is 3.23. The number of hydrogen-bond donors (Lipinski definition) is 3. The smallest absolute Gasteiger partial charge is 0.321 e. The highest BCUT2D eigenvalue weighted by Gasteiger charge is 2.23. The van der Waals surface area contributed by atoms with E-state index in [4.69, 9.17) is 10.8 Å². The van der Waals surface area contributed by atoms with Gasteiger partial charge in [-0.1, -0.05) is 12.1 Å². The SMILES string of the molecule is CN1C(=O)Cc2cc(CNCC(N)C(=O)O)ccc21. The van der Waals surface area contributed by atoms with Crippen molar-refractivity contribution in [2.45, 2.75) is 19.0 Å². The van der Waals surface area contributed by atoms with Crippen LogP contribution in [0.15, 0.2) is 18.2 Å². The topological polar surface area (TPSA) is 95.7 Å². The Morgan fingerprint density at radius 3 is 3.00 bits per heavy atom. The average molecular weight is 263 g/mol. The lowest BCUT2D eigenvalue weighted by molar-refractivity contribution is -0.138. The highest BCUT2D eigenvalue weighted by Crippen LogP contribution is 2.28. The molecule has 1 amide bonds. The quantitative estimate of drug-likeness (QED) is 0.678. The highest BCUT2D eigenvalue weighted by molar-refractivity contribution is 6.00. The summed E-state index contributed by atoms with van der Waals surface area (Å²) in [4.78, 5) is 23.8. The van der Waals surface area contributed by atoms with Gasteiger partial charge in [0.05, 0.1) is 6.42 Å². The molecule has 0 bridgehead atoms. The molecule has 19 heavy (non-hydrogen) atoms. The Hall–Kier alpha value is -1.92.